The van der Waals surface area contributed by atoms with Crippen LogP contribution < -0.4 is 0 Å². The largest absolute Gasteiger partial charge is 0.456 e. The minimum Gasteiger partial charge on any atom is -0.456 e. The van der Waals surface area contributed by atoms with E-state index < -0.39 is 0 Å². The summed E-state index contributed by atoms with van der Waals surface area (Å²) >= 11 is 0. The predicted octanol–water partition coefficient (Wildman–Crippen LogP) is 10.2. The maximum Gasteiger partial charge on any atom is 0.160 e. The highest BCUT2D eigenvalue weighted by Crippen LogP contribution is 2.41. The summed E-state index contributed by atoms with van der Waals surface area (Å²) in [6.07, 6.45) is 0. The van der Waals surface area contributed by atoms with Gasteiger partial charge in [0.1, 0.15) is 16.7 Å². The second-order valence-corrected chi connectivity index (χ2v) is 10.1. The first-order chi connectivity index (χ1) is 19.3. The third kappa shape index (κ3) is 2.82. The lowest BCUT2D eigenvalue weighted by Crippen LogP contribution is -1.94. The molecule has 3 heteroatoms. The molecule has 0 amide bonds. The number of aromatic nitrogens is 1. The fourth-order valence-corrected chi connectivity index (χ4v) is 6.30. The van der Waals surface area contributed by atoms with Crippen molar-refractivity contribution < 1.29 is 8.83 Å². The molecule has 0 aliphatic carbocycles. The van der Waals surface area contributed by atoms with Crippen molar-refractivity contribution in [2.24, 2.45) is 0 Å². The van der Waals surface area contributed by atoms with Gasteiger partial charge in [0.15, 0.2) is 5.58 Å². The monoisotopic (exact) mass is 499 g/mol. The fourth-order valence-electron chi connectivity index (χ4n) is 6.30. The molecule has 0 N–H and O–H groups in total. The first kappa shape index (κ1) is 20.7. The highest BCUT2D eigenvalue weighted by atomic mass is 16.3. The summed E-state index contributed by atoms with van der Waals surface area (Å²) in [5, 5.41) is 6.98. The molecular formula is C36H21NO2. The number of para-hydroxylation sites is 3. The van der Waals surface area contributed by atoms with Crippen LogP contribution in [0.3, 0.4) is 0 Å². The summed E-state index contributed by atoms with van der Waals surface area (Å²) < 4.78 is 15.0. The lowest BCUT2D eigenvalue weighted by Gasteiger charge is -2.10. The van der Waals surface area contributed by atoms with Gasteiger partial charge in [-0.25, -0.2) is 0 Å². The van der Waals surface area contributed by atoms with Crippen molar-refractivity contribution in [3.8, 4) is 16.8 Å². The number of fused-ring (bicyclic) bond motifs is 10. The van der Waals surface area contributed by atoms with Gasteiger partial charge >= 0.3 is 0 Å². The number of hydrogen-bond donors (Lipinski definition) is 0. The molecule has 9 rings (SSSR count). The first-order valence-electron chi connectivity index (χ1n) is 13.2. The van der Waals surface area contributed by atoms with Crippen LogP contribution in [0.25, 0.3) is 82.5 Å². The van der Waals surface area contributed by atoms with Crippen LogP contribution in [0.5, 0.6) is 0 Å². The number of benzene rings is 6. The first-order valence-corrected chi connectivity index (χ1v) is 13.2. The van der Waals surface area contributed by atoms with E-state index in [1.165, 1.54) is 16.3 Å². The Labute approximate surface area is 223 Å². The smallest absolute Gasteiger partial charge is 0.160 e. The van der Waals surface area contributed by atoms with E-state index in [1.807, 2.05) is 30.3 Å². The van der Waals surface area contributed by atoms with Crippen LogP contribution in [-0.4, -0.2) is 4.57 Å². The van der Waals surface area contributed by atoms with E-state index in [-0.39, 0.29) is 0 Å². The summed E-state index contributed by atoms with van der Waals surface area (Å²) in [5.74, 6) is 0. The molecule has 3 heterocycles. The summed E-state index contributed by atoms with van der Waals surface area (Å²) in [7, 11) is 0. The topological polar surface area (TPSA) is 31.2 Å². The molecule has 0 radical (unpaired) electrons. The zero-order valence-electron chi connectivity index (χ0n) is 20.9. The van der Waals surface area contributed by atoms with Gasteiger partial charge in [-0.2, -0.15) is 0 Å². The lowest BCUT2D eigenvalue weighted by atomic mass is 9.99. The van der Waals surface area contributed by atoms with Crippen LogP contribution in [-0.2, 0) is 0 Å². The Kier molecular flexibility index (Phi) is 4.05. The van der Waals surface area contributed by atoms with Gasteiger partial charge < -0.3 is 13.4 Å². The van der Waals surface area contributed by atoms with E-state index in [2.05, 4.69) is 102 Å². The van der Waals surface area contributed by atoms with E-state index in [9.17, 15) is 0 Å². The van der Waals surface area contributed by atoms with Crippen LogP contribution in [0, 0.1) is 0 Å². The Balaban J connectivity index is 1.31. The summed E-state index contributed by atoms with van der Waals surface area (Å²) in [6.45, 7) is 0. The highest BCUT2D eigenvalue weighted by Gasteiger charge is 2.19. The molecule has 0 bridgehead atoms. The van der Waals surface area contributed by atoms with Crippen LogP contribution in [0.4, 0.5) is 0 Å². The zero-order valence-corrected chi connectivity index (χ0v) is 20.9. The normalized spacial score (nSPS) is 12.1. The maximum atomic E-state index is 6.50. The Morgan fingerprint density at radius 3 is 1.95 bits per heavy atom. The predicted molar refractivity (Wildman–Crippen MR) is 161 cm³/mol. The molecule has 0 atom stereocenters. The van der Waals surface area contributed by atoms with Gasteiger partial charge in [0.05, 0.1) is 11.0 Å². The van der Waals surface area contributed by atoms with E-state index >= 15 is 0 Å². The molecule has 9 aromatic rings. The van der Waals surface area contributed by atoms with Crippen LogP contribution in [0.2, 0.25) is 0 Å². The highest BCUT2D eigenvalue weighted by molar-refractivity contribution is 6.21. The van der Waals surface area contributed by atoms with E-state index in [0.717, 1.165) is 66.2 Å². The second-order valence-electron chi connectivity index (χ2n) is 10.1. The van der Waals surface area contributed by atoms with Gasteiger partial charge in [-0.15, -0.1) is 0 Å². The van der Waals surface area contributed by atoms with Crippen molar-refractivity contribution in [2.45, 2.75) is 0 Å². The molecule has 3 nitrogen and oxygen atoms in total. The molecule has 0 saturated heterocycles. The Morgan fingerprint density at radius 1 is 0.436 bits per heavy atom. The Bertz CT molecular complexity index is 2380. The van der Waals surface area contributed by atoms with Gasteiger partial charge in [-0.3, -0.25) is 0 Å². The maximum absolute atomic E-state index is 6.50. The quantitative estimate of drug-likeness (QED) is 0.237. The SMILES string of the molecule is c1ccc2c(c1)oc1c2ccc2c3ccccc3n(-c3ccc(-c4cccc5oc6ccccc6c45)cc3)c21. The molecule has 3 aromatic heterocycles. The summed E-state index contributed by atoms with van der Waals surface area (Å²) in [5.41, 5.74) is 9.34. The van der Waals surface area contributed by atoms with Gasteiger partial charge in [0, 0.05) is 38.0 Å². The van der Waals surface area contributed by atoms with Gasteiger partial charge in [0.2, 0.25) is 0 Å². The van der Waals surface area contributed by atoms with Crippen molar-refractivity contribution in [3.05, 3.63) is 127 Å². The third-order valence-corrected chi connectivity index (χ3v) is 8.02. The molecule has 0 aliphatic heterocycles. The Hall–Kier alpha value is -5.28. The Morgan fingerprint density at radius 2 is 1.10 bits per heavy atom. The zero-order chi connectivity index (χ0) is 25.5. The molecule has 0 aliphatic rings. The number of rotatable bonds is 2. The van der Waals surface area contributed by atoms with E-state index in [4.69, 9.17) is 8.83 Å². The van der Waals surface area contributed by atoms with Crippen molar-refractivity contribution in [1.29, 1.82) is 0 Å². The van der Waals surface area contributed by atoms with Crippen LogP contribution in [0.1, 0.15) is 0 Å². The fraction of sp³-hybridized carbons (Fsp3) is 0. The summed E-state index contributed by atoms with van der Waals surface area (Å²) in [6, 6.07) is 44.7. The van der Waals surface area contributed by atoms with Gasteiger partial charge in [-0.05, 0) is 53.6 Å². The number of nitrogens with zero attached hydrogens (tertiary/aromatic N) is 1. The minimum atomic E-state index is 0.910. The van der Waals surface area contributed by atoms with Crippen molar-refractivity contribution >= 4 is 65.7 Å². The van der Waals surface area contributed by atoms with Crippen molar-refractivity contribution in [1.82, 2.24) is 4.57 Å². The molecule has 0 saturated carbocycles. The molecule has 182 valence electrons. The second kappa shape index (κ2) is 7.62. The van der Waals surface area contributed by atoms with Crippen molar-refractivity contribution in [2.75, 3.05) is 0 Å². The van der Waals surface area contributed by atoms with Crippen LogP contribution >= 0.6 is 0 Å². The molecule has 6 aromatic carbocycles. The minimum absolute atomic E-state index is 0.910. The molecule has 0 spiro atoms. The molecule has 39 heavy (non-hydrogen) atoms. The lowest BCUT2D eigenvalue weighted by molar-refractivity contribution is 0.669. The molecule has 0 unspecified atom stereocenters. The van der Waals surface area contributed by atoms with Crippen LogP contribution in [0.15, 0.2) is 136 Å². The standard InChI is InChI=1S/C36H21NO2/c1-4-12-30-25(8-1)27-20-21-28-26-9-2-5-13-31(26)39-36(28)35(27)37(30)23-18-16-22(17-19-23)24-11-7-15-33-34(24)29-10-3-6-14-32(29)38-33/h1-21H. The molecular weight excluding hydrogens is 478 g/mol. The van der Waals surface area contributed by atoms with Crippen molar-refractivity contribution in [3.63, 3.8) is 0 Å². The number of hydrogen-bond acceptors (Lipinski definition) is 2. The molecule has 0 fully saturated rings. The van der Waals surface area contributed by atoms with E-state index in [0.29, 0.717) is 0 Å². The average molecular weight is 500 g/mol. The van der Waals surface area contributed by atoms with Gasteiger partial charge in [0.25, 0.3) is 0 Å². The number of furan rings is 2. The van der Waals surface area contributed by atoms with E-state index in [1.54, 1.807) is 0 Å². The van der Waals surface area contributed by atoms with Gasteiger partial charge in [-0.1, -0.05) is 84.9 Å². The average Bonchev–Trinajstić information content (AvgIpc) is 3.66. The summed E-state index contributed by atoms with van der Waals surface area (Å²) in [4.78, 5) is 0. The third-order valence-electron chi connectivity index (χ3n) is 8.02.